The number of ketones is 1. The van der Waals surface area contributed by atoms with Crippen molar-refractivity contribution in [1.29, 1.82) is 0 Å². The number of carbonyl (C=O) groups excluding carboxylic acids is 2. The maximum Gasteiger partial charge on any atom is 0.281 e. The van der Waals surface area contributed by atoms with Gasteiger partial charge < -0.3 is 0 Å². The fraction of sp³-hybridized carbons (Fsp3) is 0.182. The number of carbonyl (C=O) groups is 2. The second kappa shape index (κ2) is 5.58. The summed E-state index contributed by atoms with van der Waals surface area (Å²) in [5, 5.41) is 15.3. The number of hydrogen-bond donors (Lipinski definition) is 2. The summed E-state index contributed by atoms with van der Waals surface area (Å²) in [6, 6.07) is 2.98. The van der Waals surface area contributed by atoms with Crippen LogP contribution < -0.4 is 11.3 Å². The first kappa shape index (κ1) is 15.1. The Hall–Kier alpha value is -2.33. The molecule has 0 saturated carbocycles. The molecule has 3 N–H and O–H groups in total. The van der Waals surface area contributed by atoms with E-state index in [2.05, 4.69) is 21.0 Å². The number of nitrogens with one attached hydrogen (secondary N) is 1. The number of nitrogens with two attached hydrogens (primary N) is 1. The molecule has 2 rings (SSSR count). The monoisotopic (exact) mass is 355 g/mol. The minimum Gasteiger partial charge on any atom is -0.297 e. The number of non-ortho nitro benzene ring substituents is 1. The molecular formula is C11H10BrN5O4. The number of rotatable bonds is 4. The van der Waals surface area contributed by atoms with Crippen molar-refractivity contribution in [3.8, 4) is 0 Å². The van der Waals surface area contributed by atoms with E-state index in [9.17, 15) is 19.7 Å². The molecule has 1 aromatic carbocycles. The number of nitrogens with zero attached hydrogens (tertiary/aromatic N) is 3. The van der Waals surface area contributed by atoms with Crippen LogP contribution in [0.4, 0.5) is 5.69 Å². The van der Waals surface area contributed by atoms with Crippen LogP contribution in [0.15, 0.2) is 22.8 Å². The van der Waals surface area contributed by atoms with E-state index < -0.39 is 22.7 Å². The molecule has 2 aromatic rings. The molecule has 1 amide bonds. The summed E-state index contributed by atoms with van der Waals surface area (Å²) in [6.07, 6.45) is 0. The van der Waals surface area contributed by atoms with E-state index in [0.717, 1.165) is 4.68 Å². The van der Waals surface area contributed by atoms with E-state index in [1.54, 1.807) is 0 Å². The van der Waals surface area contributed by atoms with Crippen LogP contribution >= 0.6 is 15.9 Å². The maximum atomic E-state index is 11.8. The Morgan fingerprint density at radius 1 is 1.52 bits per heavy atom. The van der Waals surface area contributed by atoms with Gasteiger partial charge in [0.25, 0.3) is 11.6 Å². The van der Waals surface area contributed by atoms with Gasteiger partial charge in [0, 0.05) is 6.07 Å². The Morgan fingerprint density at radius 3 is 2.71 bits per heavy atom. The van der Waals surface area contributed by atoms with Crippen LogP contribution in [0.1, 0.15) is 13.0 Å². The lowest BCUT2D eigenvalue weighted by molar-refractivity contribution is -0.383. The number of halogens is 1. The molecule has 0 bridgehead atoms. The molecule has 1 atom stereocenters. The Bertz CT molecular complexity index is 756. The highest BCUT2D eigenvalue weighted by molar-refractivity contribution is 9.10. The van der Waals surface area contributed by atoms with Gasteiger partial charge in [0.1, 0.15) is 9.99 Å². The minimum atomic E-state index is -1.30. The second-order valence-electron chi connectivity index (χ2n) is 4.19. The Balaban J connectivity index is 2.77. The lowest BCUT2D eigenvalue weighted by Crippen LogP contribution is -2.40. The lowest BCUT2D eigenvalue weighted by atomic mass is 10.1. The molecule has 0 spiro atoms. The zero-order valence-corrected chi connectivity index (χ0v) is 12.3. The van der Waals surface area contributed by atoms with Gasteiger partial charge in [-0.15, -0.1) is 0 Å². The number of amides is 1. The fourth-order valence-corrected chi connectivity index (χ4v) is 2.60. The van der Waals surface area contributed by atoms with Crippen LogP contribution in [0.25, 0.3) is 10.9 Å². The summed E-state index contributed by atoms with van der Waals surface area (Å²) in [5.74, 6) is 3.81. The molecule has 110 valence electrons. The number of hydrazine groups is 1. The number of nitro benzene ring substituents is 1. The molecule has 0 saturated heterocycles. The Morgan fingerprint density at radius 2 is 2.19 bits per heavy atom. The number of Topliss-reactive ketones (excluding diaryl/α,β-unsaturated/α-hetero) is 1. The van der Waals surface area contributed by atoms with Crippen LogP contribution in [-0.4, -0.2) is 26.4 Å². The maximum absolute atomic E-state index is 11.8. The van der Waals surface area contributed by atoms with Gasteiger partial charge in [-0.05, 0) is 28.9 Å². The van der Waals surface area contributed by atoms with Crippen molar-refractivity contribution in [2.24, 2.45) is 5.84 Å². The van der Waals surface area contributed by atoms with E-state index >= 15 is 0 Å². The smallest absolute Gasteiger partial charge is 0.281 e. The lowest BCUT2D eigenvalue weighted by Gasteiger charge is -2.13. The zero-order valence-electron chi connectivity index (χ0n) is 10.7. The normalized spacial score (nSPS) is 12.1. The van der Waals surface area contributed by atoms with Crippen molar-refractivity contribution < 1.29 is 14.5 Å². The van der Waals surface area contributed by atoms with Crippen molar-refractivity contribution in [2.75, 3.05) is 0 Å². The summed E-state index contributed by atoms with van der Waals surface area (Å²) in [7, 11) is 0. The van der Waals surface area contributed by atoms with Crippen LogP contribution in [0.3, 0.4) is 0 Å². The molecule has 0 aliphatic rings. The average Bonchev–Trinajstić information content (AvgIpc) is 2.75. The molecule has 1 aromatic heterocycles. The van der Waals surface area contributed by atoms with E-state index in [0.29, 0.717) is 0 Å². The zero-order chi connectivity index (χ0) is 15.7. The molecule has 0 aliphatic carbocycles. The topological polar surface area (TPSA) is 133 Å². The van der Waals surface area contributed by atoms with Gasteiger partial charge in [0.2, 0.25) is 0 Å². The van der Waals surface area contributed by atoms with Crippen molar-refractivity contribution in [2.45, 2.75) is 13.0 Å². The van der Waals surface area contributed by atoms with Crippen molar-refractivity contribution in [1.82, 2.24) is 15.2 Å². The minimum absolute atomic E-state index is 0.167. The molecule has 1 unspecified atom stereocenters. The summed E-state index contributed by atoms with van der Waals surface area (Å²) in [6.45, 7) is 1.21. The van der Waals surface area contributed by atoms with Gasteiger partial charge in [-0.3, -0.25) is 25.1 Å². The highest BCUT2D eigenvalue weighted by Crippen LogP contribution is 2.33. The van der Waals surface area contributed by atoms with Crippen molar-refractivity contribution in [3.63, 3.8) is 0 Å². The number of nitro groups is 1. The van der Waals surface area contributed by atoms with Crippen LogP contribution in [0.5, 0.6) is 0 Å². The van der Waals surface area contributed by atoms with Gasteiger partial charge in [0.15, 0.2) is 11.8 Å². The molecular weight excluding hydrogens is 346 g/mol. The largest absolute Gasteiger partial charge is 0.297 e. The SMILES string of the molecule is CC(=O)C(C(=O)NN)n1nc(Br)c2c([N+](=O)[O-])cccc21. The molecule has 9 nitrogen and oxygen atoms in total. The third-order valence-corrected chi connectivity index (χ3v) is 3.44. The summed E-state index contributed by atoms with van der Waals surface area (Å²) >= 11 is 3.11. The van der Waals surface area contributed by atoms with Gasteiger partial charge in [-0.2, -0.15) is 5.10 Å². The van der Waals surface area contributed by atoms with E-state index in [4.69, 9.17) is 5.84 Å². The quantitative estimate of drug-likeness (QED) is 0.274. The molecule has 21 heavy (non-hydrogen) atoms. The molecule has 0 fully saturated rings. The van der Waals surface area contributed by atoms with Gasteiger partial charge in [-0.1, -0.05) is 6.07 Å². The number of benzene rings is 1. The van der Waals surface area contributed by atoms with Crippen LogP contribution in [-0.2, 0) is 9.59 Å². The Labute approximate surface area is 126 Å². The van der Waals surface area contributed by atoms with Crippen LogP contribution in [0.2, 0.25) is 0 Å². The first-order valence-corrected chi connectivity index (χ1v) is 6.49. The van der Waals surface area contributed by atoms with Crippen molar-refractivity contribution in [3.05, 3.63) is 32.9 Å². The van der Waals surface area contributed by atoms with E-state index in [1.165, 1.54) is 25.1 Å². The van der Waals surface area contributed by atoms with E-state index in [-0.39, 0.29) is 21.2 Å². The summed E-state index contributed by atoms with van der Waals surface area (Å²) in [5.41, 5.74) is 1.98. The second-order valence-corrected chi connectivity index (χ2v) is 4.94. The predicted molar refractivity (Wildman–Crippen MR) is 76.1 cm³/mol. The van der Waals surface area contributed by atoms with Crippen LogP contribution in [0, 0.1) is 10.1 Å². The standard InChI is InChI=1S/C11H10BrN5O4/c1-5(18)9(11(19)14-13)16-6-3-2-4-7(17(20)21)8(6)10(12)15-16/h2-4,9H,13H2,1H3,(H,14,19). The molecule has 10 heteroatoms. The summed E-state index contributed by atoms with van der Waals surface area (Å²) < 4.78 is 1.28. The first-order valence-electron chi connectivity index (χ1n) is 5.70. The molecule has 0 radical (unpaired) electrons. The van der Waals surface area contributed by atoms with Gasteiger partial charge in [0.05, 0.1) is 10.4 Å². The molecule has 0 aliphatic heterocycles. The predicted octanol–water partition coefficient (Wildman–Crippen LogP) is 0.827. The average molecular weight is 356 g/mol. The first-order chi connectivity index (χ1) is 9.88. The Kier molecular flexibility index (Phi) is 4.00. The van der Waals surface area contributed by atoms with Crippen molar-refractivity contribution >= 4 is 44.2 Å². The number of fused-ring (bicyclic) bond motifs is 1. The summed E-state index contributed by atoms with van der Waals surface area (Å²) in [4.78, 5) is 33.9. The fourth-order valence-electron chi connectivity index (χ4n) is 2.02. The number of hydrogen-bond acceptors (Lipinski definition) is 6. The number of aromatic nitrogens is 2. The highest BCUT2D eigenvalue weighted by atomic mass is 79.9. The third kappa shape index (κ3) is 2.50. The van der Waals surface area contributed by atoms with E-state index in [1.807, 2.05) is 5.43 Å². The van der Waals surface area contributed by atoms with Gasteiger partial charge in [-0.25, -0.2) is 10.5 Å². The highest BCUT2D eigenvalue weighted by Gasteiger charge is 2.30. The van der Waals surface area contributed by atoms with Gasteiger partial charge >= 0.3 is 0 Å². The molecule has 1 heterocycles. The third-order valence-electron chi connectivity index (χ3n) is 2.89.